The van der Waals surface area contributed by atoms with Gasteiger partial charge in [0.1, 0.15) is 0 Å². The molecule has 1 atom stereocenters. The van der Waals surface area contributed by atoms with Gasteiger partial charge in [-0.05, 0) is 23.8 Å². The maximum atomic E-state index is 5.87. The maximum Gasteiger partial charge on any atom is 0.0528 e. The molecule has 0 amide bonds. The Balaban J connectivity index is 0.000000921. The second-order valence-electron chi connectivity index (χ2n) is 3.06. The van der Waals surface area contributed by atoms with Crippen LogP contribution >= 0.6 is 23.2 Å². The summed E-state index contributed by atoms with van der Waals surface area (Å²) in [6, 6.07) is 5.56. The van der Waals surface area contributed by atoms with E-state index in [2.05, 4.69) is 6.92 Å². The van der Waals surface area contributed by atoms with Gasteiger partial charge in [-0.25, -0.2) is 0 Å². The van der Waals surface area contributed by atoms with Crippen LogP contribution < -0.4 is 0 Å². The zero-order chi connectivity index (χ0) is 11.8. The van der Waals surface area contributed by atoms with E-state index in [9.17, 15) is 0 Å². The summed E-state index contributed by atoms with van der Waals surface area (Å²) in [5.74, 6) is 0.321. The molecule has 0 aliphatic rings. The van der Waals surface area contributed by atoms with Crippen LogP contribution in [0, 0.1) is 0 Å². The first-order valence-corrected chi connectivity index (χ1v) is 5.84. The first-order valence-electron chi connectivity index (χ1n) is 5.08. The molecule has 0 saturated carbocycles. The van der Waals surface area contributed by atoms with Crippen molar-refractivity contribution >= 4 is 23.2 Å². The number of hydrogen-bond donors (Lipinski definition) is 0. The van der Waals surface area contributed by atoms with Gasteiger partial charge in [0.05, 0.1) is 6.61 Å². The lowest BCUT2D eigenvalue weighted by Gasteiger charge is -2.11. The SMILES string of the molecule is CC.COCC(C)c1cc(Cl)cc(Cl)c1. The van der Waals surface area contributed by atoms with Crippen LogP contribution in [-0.2, 0) is 4.74 Å². The fourth-order valence-corrected chi connectivity index (χ4v) is 1.75. The number of halogens is 2. The van der Waals surface area contributed by atoms with Gasteiger partial charge in [-0.2, -0.15) is 0 Å². The summed E-state index contributed by atoms with van der Waals surface area (Å²) in [5.41, 5.74) is 1.11. The molecule has 1 nitrogen and oxygen atoms in total. The summed E-state index contributed by atoms with van der Waals surface area (Å²) in [5, 5.41) is 1.34. The molecule has 0 heterocycles. The molecule has 1 rings (SSSR count). The number of rotatable bonds is 3. The van der Waals surface area contributed by atoms with Crippen molar-refractivity contribution in [3.8, 4) is 0 Å². The lowest BCUT2D eigenvalue weighted by molar-refractivity contribution is 0.184. The summed E-state index contributed by atoms with van der Waals surface area (Å²) < 4.78 is 5.05. The number of ether oxygens (including phenoxy) is 1. The average molecular weight is 249 g/mol. The van der Waals surface area contributed by atoms with Crippen LogP contribution in [-0.4, -0.2) is 13.7 Å². The summed E-state index contributed by atoms with van der Waals surface area (Å²) in [6.07, 6.45) is 0. The van der Waals surface area contributed by atoms with E-state index in [-0.39, 0.29) is 0 Å². The highest BCUT2D eigenvalue weighted by atomic mass is 35.5. The third-order valence-corrected chi connectivity index (χ3v) is 2.31. The second-order valence-corrected chi connectivity index (χ2v) is 3.93. The molecular formula is C12H18Cl2O. The molecule has 0 aliphatic carbocycles. The Morgan fingerprint density at radius 1 is 1.13 bits per heavy atom. The van der Waals surface area contributed by atoms with Crippen LogP contribution in [0.4, 0.5) is 0 Å². The molecule has 0 bridgehead atoms. The summed E-state index contributed by atoms with van der Waals surface area (Å²) in [4.78, 5) is 0. The molecule has 0 saturated heterocycles. The molecule has 1 aromatic carbocycles. The monoisotopic (exact) mass is 248 g/mol. The van der Waals surface area contributed by atoms with Crippen molar-refractivity contribution < 1.29 is 4.74 Å². The van der Waals surface area contributed by atoms with E-state index in [1.807, 2.05) is 26.0 Å². The fraction of sp³-hybridized carbons (Fsp3) is 0.500. The topological polar surface area (TPSA) is 9.23 Å². The molecular weight excluding hydrogens is 231 g/mol. The van der Waals surface area contributed by atoms with Gasteiger partial charge in [-0.1, -0.05) is 44.0 Å². The van der Waals surface area contributed by atoms with Crippen LogP contribution in [0.3, 0.4) is 0 Å². The minimum atomic E-state index is 0.321. The van der Waals surface area contributed by atoms with Gasteiger partial charge in [0.25, 0.3) is 0 Å². The molecule has 3 heteroatoms. The summed E-state index contributed by atoms with van der Waals surface area (Å²) in [6.45, 7) is 6.75. The van der Waals surface area contributed by atoms with Crippen molar-refractivity contribution in [3.63, 3.8) is 0 Å². The van der Waals surface area contributed by atoms with E-state index >= 15 is 0 Å². The van der Waals surface area contributed by atoms with Crippen molar-refractivity contribution in [3.05, 3.63) is 33.8 Å². The Kier molecular flexibility index (Phi) is 7.85. The molecule has 0 N–H and O–H groups in total. The first-order chi connectivity index (χ1) is 7.13. The van der Waals surface area contributed by atoms with Gasteiger partial charge in [0.2, 0.25) is 0 Å². The zero-order valence-electron chi connectivity index (χ0n) is 9.68. The van der Waals surface area contributed by atoms with Gasteiger partial charge in [-0.3, -0.25) is 0 Å². The Labute approximate surface area is 102 Å². The fourth-order valence-electron chi connectivity index (χ4n) is 1.21. The minimum Gasteiger partial charge on any atom is -0.384 e. The highest BCUT2D eigenvalue weighted by molar-refractivity contribution is 6.34. The lowest BCUT2D eigenvalue weighted by Crippen LogP contribution is -2.01. The van der Waals surface area contributed by atoms with Crippen molar-refractivity contribution in [2.75, 3.05) is 13.7 Å². The molecule has 0 radical (unpaired) electrons. The molecule has 0 aliphatic heterocycles. The third-order valence-electron chi connectivity index (χ3n) is 1.87. The van der Waals surface area contributed by atoms with Gasteiger partial charge >= 0.3 is 0 Å². The summed E-state index contributed by atoms with van der Waals surface area (Å²) >= 11 is 11.7. The molecule has 1 aromatic rings. The Morgan fingerprint density at radius 2 is 1.60 bits per heavy atom. The zero-order valence-corrected chi connectivity index (χ0v) is 11.2. The van der Waals surface area contributed by atoms with E-state index in [4.69, 9.17) is 27.9 Å². The van der Waals surface area contributed by atoms with Crippen molar-refractivity contribution in [2.24, 2.45) is 0 Å². The molecule has 15 heavy (non-hydrogen) atoms. The van der Waals surface area contributed by atoms with E-state index in [1.54, 1.807) is 13.2 Å². The van der Waals surface area contributed by atoms with Crippen molar-refractivity contribution in [1.29, 1.82) is 0 Å². The quantitative estimate of drug-likeness (QED) is 0.749. The standard InChI is InChI=1S/C10H12Cl2O.C2H6/c1-7(6-13-2)8-3-9(11)5-10(12)4-8;1-2/h3-5,7H,6H2,1-2H3;1-2H3. The van der Waals surface area contributed by atoms with Gasteiger partial charge < -0.3 is 4.74 Å². The molecule has 86 valence electrons. The number of hydrogen-bond acceptors (Lipinski definition) is 1. The Morgan fingerprint density at radius 3 is 2.00 bits per heavy atom. The largest absolute Gasteiger partial charge is 0.384 e. The second kappa shape index (κ2) is 7.98. The predicted octanol–water partition coefficient (Wildman–Crippen LogP) is 4.77. The normalized spacial score (nSPS) is 11.6. The maximum absolute atomic E-state index is 5.87. The number of benzene rings is 1. The van der Waals surface area contributed by atoms with E-state index < -0.39 is 0 Å². The van der Waals surface area contributed by atoms with E-state index in [1.165, 1.54) is 0 Å². The van der Waals surface area contributed by atoms with Crippen LogP contribution in [0.15, 0.2) is 18.2 Å². The van der Waals surface area contributed by atoms with Crippen LogP contribution in [0.2, 0.25) is 10.0 Å². The molecule has 0 spiro atoms. The van der Waals surface area contributed by atoms with Crippen molar-refractivity contribution in [2.45, 2.75) is 26.7 Å². The molecule has 0 fully saturated rings. The summed E-state index contributed by atoms with van der Waals surface area (Å²) in [7, 11) is 1.68. The molecule has 1 unspecified atom stereocenters. The third kappa shape index (κ3) is 5.41. The molecule has 0 aromatic heterocycles. The van der Waals surface area contributed by atoms with Gasteiger partial charge in [-0.15, -0.1) is 0 Å². The average Bonchev–Trinajstić information content (AvgIpc) is 2.20. The lowest BCUT2D eigenvalue weighted by atomic mass is 10.0. The van der Waals surface area contributed by atoms with Crippen LogP contribution in [0.5, 0.6) is 0 Å². The predicted molar refractivity (Wildman–Crippen MR) is 68.1 cm³/mol. The van der Waals surface area contributed by atoms with Crippen LogP contribution in [0.1, 0.15) is 32.3 Å². The van der Waals surface area contributed by atoms with Crippen LogP contribution in [0.25, 0.3) is 0 Å². The minimum absolute atomic E-state index is 0.321. The Bertz CT molecular complexity index is 267. The van der Waals surface area contributed by atoms with Gasteiger partial charge in [0.15, 0.2) is 0 Å². The van der Waals surface area contributed by atoms with E-state index in [0.29, 0.717) is 22.6 Å². The van der Waals surface area contributed by atoms with E-state index in [0.717, 1.165) is 5.56 Å². The van der Waals surface area contributed by atoms with Crippen molar-refractivity contribution in [1.82, 2.24) is 0 Å². The smallest absolute Gasteiger partial charge is 0.0528 e. The first kappa shape index (κ1) is 14.8. The highest BCUT2D eigenvalue weighted by Gasteiger charge is 2.06. The highest BCUT2D eigenvalue weighted by Crippen LogP contribution is 2.24. The number of methoxy groups -OCH3 is 1. The van der Waals surface area contributed by atoms with Gasteiger partial charge in [0, 0.05) is 23.1 Å². The Hall–Kier alpha value is -0.240.